The van der Waals surface area contributed by atoms with E-state index in [0.717, 1.165) is 34.5 Å². The van der Waals surface area contributed by atoms with Crippen LogP contribution in [0.3, 0.4) is 0 Å². The number of fused-ring (bicyclic) bond motifs is 3. The van der Waals surface area contributed by atoms with Gasteiger partial charge in [-0.3, -0.25) is 4.79 Å². The Morgan fingerprint density at radius 3 is 2.47 bits per heavy atom. The molecule has 0 saturated heterocycles. The minimum absolute atomic E-state index is 0.104. The zero-order chi connectivity index (χ0) is 23.7. The number of hydrogen-bond donors (Lipinski definition) is 2. The second-order valence-corrected chi connectivity index (χ2v) is 8.28. The summed E-state index contributed by atoms with van der Waals surface area (Å²) >= 11 is 0. The van der Waals surface area contributed by atoms with Crippen molar-refractivity contribution < 1.29 is 19.4 Å². The number of carbonyl (C=O) groups is 2. The van der Waals surface area contributed by atoms with Gasteiger partial charge in [0.05, 0.1) is 18.7 Å². The molecule has 3 aromatic carbocycles. The monoisotopic (exact) mass is 452 g/mol. The van der Waals surface area contributed by atoms with E-state index in [1.165, 1.54) is 23.1 Å². The van der Waals surface area contributed by atoms with Gasteiger partial charge in [0.25, 0.3) is 0 Å². The van der Waals surface area contributed by atoms with Crippen LogP contribution in [0.25, 0.3) is 17.0 Å². The number of carbonyl (C=O) groups excluding carboxylic acids is 1. The average molecular weight is 453 g/mol. The fourth-order valence-electron chi connectivity index (χ4n) is 4.61. The van der Waals surface area contributed by atoms with E-state index in [9.17, 15) is 9.59 Å². The number of amides is 1. The van der Waals surface area contributed by atoms with Gasteiger partial charge in [-0.15, -0.1) is 0 Å². The number of H-pyrrole nitrogens is 1. The maximum atomic E-state index is 13.4. The number of hydrogen-bond acceptors (Lipinski definition) is 3. The van der Waals surface area contributed by atoms with E-state index in [1.54, 1.807) is 31.4 Å². The minimum atomic E-state index is -0.976. The highest BCUT2D eigenvalue weighted by atomic mass is 16.5. The molecule has 34 heavy (non-hydrogen) atoms. The fourth-order valence-corrected chi connectivity index (χ4v) is 4.61. The molecule has 1 aliphatic rings. The zero-order valence-corrected chi connectivity index (χ0v) is 18.7. The van der Waals surface area contributed by atoms with Gasteiger partial charge in [0, 0.05) is 29.2 Å². The molecule has 5 rings (SSSR count). The number of para-hydroxylation sites is 1. The van der Waals surface area contributed by atoms with Crippen LogP contribution in [0.2, 0.25) is 0 Å². The van der Waals surface area contributed by atoms with Crippen molar-refractivity contribution in [2.45, 2.75) is 12.5 Å². The van der Waals surface area contributed by atoms with Crippen molar-refractivity contribution in [3.63, 3.8) is 0 Å². The molecule has 1 aliphatic heterocycles. The van der Waals surface area contributed by atoms with Gasteiger partial charge in [0.15, 0.2) is 0 Å². The van der Waals surface area contributed by atoms with Crippen molar-refractivity contribution in [1.29, 1.82) is 0 Å². The number of ether oxygens (including phenoxy) is 1. The first-order chi connectivity index (χ1) is 16.5. The Bertz CT molecular complexity index is 1380. The van der Waals surface area contributed by atoms with Gasteiger partial charge < -0.3 is 19.7 Å². The summed E-state index contributed by atoms with van der Waals surface area (Å²) in [7, 11) is 1.63. The molecule has 2 heterocycles. The number of aromatic amines is 1. The van der Waals surface area contributed by atoms with Crippen molar-refractivity contribution in [2.24, 2.45) is 0 Å². The molecule has 170 valence electrons. The summed E-state index contributed by atoms with van der Waals surface area (Å²) in [6, 6.07) is 22.2. The first kappa shape index (κ1) is 21.5. The maximum Gasteiger partial charge on any atom is 0.335 e. The molecule has 1 unspecified atom stereocenters. The summed E-state index contributed by atoms with van der Waals surface area (Å²) < 4.78 is 5.32. The van der Waals surface area contributed by atoms with Gasteiger partial charge in [-0.25, -0.2) is 4.79 Å². The summed E-state index contributed by atoms with van der Waals surface area (Å²) in [6.07, 6.45) is 4.04. The van der Waals surface area contributed by atoms with E-state index in [2.05, 4.69) is 17.1 Å². The van der Waals surface area contributed by atoms with Crippen LogP contribution in [0, 0.1) is 0 Å². The number of carboxylic acid groups (broad SMARTS) is 1. The number of methoxy groups -OCH3 is 1. The van der Waals surface area contributed by atoms with Gasteiger partial charge in [0.2, 0.25) is 5.91 Å². The summed E-state index contributed by atoms with van der Waals surface area (Å²) in [5, 5.41) is 10.3. The van der Waals surface area contributed by atoms with E-state index >= 15 is 0 Å². The van der Waals surface area contributed by atoms with E-state index in [4.69, 9.17) is 9.84 Å². The molecule has 1 atom stereocenters. The van der Waals surface area contributed by atoms with Gasteiger partial charge in [-0.2, -0.15) is 0 Å². The molecule has 2 N–H and O–H groups in total. The van der Waals surface area contributed by atoms with Crippen LogP contribution in [-0.4, -0.2) is 40.5 Å². The number of aromatic nitrogens is 1. The van der Waals surface area contributed by atoms with Gasteiger partial charge in [-0.1, -0.05) is 42.5 Å². The topological polar surface area (TPSA) is 82.6 Å². The Morgan fingerprint density at radius 2 is 1.76 bits per heavy atom. The van der Waals surface area contributed by atoms with Crippen molar-refractivity contribution >= 4 is 28.9 Å². The molecule has 0 aliphatic carbocycles. The highest BCUT2D eigenvalue weighted by Crippen LogP contribution is 2.39. The largest absolute Gasteiger partial charge is 0.497 e. The maximum absolute atomic E-state index is 13.4. The second-order valence-electron chi connectivity index (χ2n) is 8.28. The molecule has 1 amide bonds. The van der Waals surface area contributed by atoms with E-state index in [-0.39, 0.29) is 17.5 Å². The number of rotatable bonds is 5. The predicted octanol–water partition coefficient (Wildman–Crippen LogP) is 5.06. The third-order valence-electron chi connectivity index (χ3n) is 6.33. The number of carboxylic acids is 1. The van der Waals surface area contributed by atoms with Crippen molar-refractivity contribution in [3.8, 4) is 5.75 Å². The van der Waals surface area contributed by atoms with Crippen molar-refractivity contribution in [1.82, 2.24) is 9.88 Å². The summed E-state index contributed by atoms with van der Waals surface area (Å²) in [5.41, 5.74) is 5.32. The first-order valence-electron chi connectivity index (χ1n) is 11.1. The summed E-state index contributed by atoms with van der Waals surface area (Å²) in [4.78, 5) is 29.9. The zero-order valence-electron chi connectivity index (χ0n) is 18.7. The molecule has 6 nitrogen and oxygen atoms in total. The predicted molar refractivity (Wildman–Crippen MR) is 131 cm³/mol. The third-order valence-corrected chi connectivity index (χ3v) is 6.33. The lowest BCUT2D eigenvalue weighted by molar-refractivity contribution is -0.128. The van der Waals surface area contributed by atoms with Gasteiger partial charge in [-0.05, 0) is 59.5 Å². The Morgan fingerprint density at radius 1 is 1.03 bits per heavy atom. The minimum Gasteiger partial charge on any atom is -0.497 e. The number of benzene rings is 3. The Balaban J connectivity index is 1.50. The highest BCUT2D eigenvalue weighted by Gasteiger charge is 2.33. The average Bonchev–Trinajstić information content (AvgIpc) is 3.26. The number of nitrogens with zero attached hydrogens (tertiary/aromatic N) is 1. The summed E-state index contributed by atoms with van der Waals surface area (Å²) in [6.45, 7) is 0.590. The van der Waals surface area contributed by atoms with Crippen molar-refractivity contribution in [2.75, 3.05) is 13.7 Å². The second kappa shape index (κ2) is 8.90. The van der Waals surface area contributed by atoms with Crippen LogP contribution in [0.1, 0.15) is 38.8 Å². The van der Waals surface area contributed by atoms with E-state index in [0.29, 0.717) is 6.54 Å². The number of aromatic carboxylic acids is 1. The van der Waals surface area contributed by atoms with Crippen LogP contribution in [-0.2, 0) is 11.2 Å². The first-order valence-corrected chi connectivity index (χ1v) is 11.1. The Labute approximate surface area is 197 Å². The quantitative estimate of drug-likeness (QED) is 0.415. The highest BCUT2D eigenvalue weighted by molar-refractivity contribution is 5.94. The van der Waals surface area contributed by atoms with E-state index < -0.39 is 5.97 Å². The lowest BCUT2D eigenvalue weighted by Gasteiger charge is -2.35. The molecule has 0 fully saturated rings. The lowest BCUT2D eigenvalue weighted by atomic mass is 9.92. The fraction of sp³-hybridized carbons (Fsp3) is 0.143. The molecule has 1 aromatic heterocycles. The lowest BCUT2D eigenvalue weighted by Crippen LogP contribution is -2.39. The molecule has 0 saturated carbocycles. The molecule has 0 spiro atoms. The standard InChI is InChI=1S/C28H24N2O4/c1-34-21-13-11-19(12-14-21)27-26-23(22-4-2-3-5-24(22)29-26)16-17-30(27)25(31)15-8-18-6-9-20(10-7-18)28(32)33/h2-15,27,29H,16-17H2,1H3,(H,32,33). The van der Waals surface area contributed by atoms with Crippen LogP contribution in [0.5, 0.6) is 5.75 Å². The van der Waals surface area contributed by atoms with Crippen LogP contribution < -0.4 is 4.74 Å². The smallest absolute Gasteiger partial charge is 0.335 e. The van der Waals surface area contributed by atoms with Crippen LogP contribution in [0.4, 0.5) is 0 Å². The van der Waals surface area contributed by atoms with Crippen LogP contribution >= 0.6 is 0 Å². The van der Waals surface area contributed by atoms with Gasteiger partial charge >= 0.3 is 5.97 Å². The molecule has 4 aromatic rings. The SMILES string of the molecule is COc1ccc(C2c3[nH]c4ccccc4c3CCN2C(=O)C=Cc2ccc(C(=O)O)cc2)cc1. The molecule has 0 bridgehead atoms. The Kier molecular flexibility index (Phi) is 5.64. The molecular formula is C28H24N2O4. The van der Waals surface area contributed by atoms with E-state index in [1.807, 2.05) is 41.3 Å². The number of nitrogens with one attached hydrogen (secondary N) is 1. The molecule has 0 radical (unpaired) electrons. The third kappa shape index (κ3) is 3.94. The van der Waals surface area contributed by atoms with Crippen LogP contribution in [0.15, 0.2) is 78.9 Å². The summed E-state index contributed by atoms with van der Waals surface area (Å²) in [5.74, 6) is -0.317. The van der Waals surface area contributed by atoms with Crippen molar-refractivity contribution in [3.05, 3.63) is 107 Å². The molecular weight excluding hydrogens is 428 g/mol. The normalized spacial score (nSPS) is 15.4. The molecule has 6 heteroatoms. The van der Waals surface area contributed by atoms with Gasteiger partial charge in [0.1, 0.15) is 5.75 Å². The Hall–Kier alpha value is -4.32.